The van der Waals surface area contributed by atoms with Crippen LogP contribution in [0.1, 0.15) is 60.9 Å². The molecule has 0 bridgehead atoms. The number of anilines is 1. The third-order valence-electron chi connectivity index (χ3n) is 5.60. The second kappa shape index (κ2) is 9.92. The van der Waals surface area contributed by atoms with Crippen molar-refractivity contribution >= 4 is 21.6 Å². The van der Waals surface area contributed by atoms with Crippen molar-refractivity contribution in [3.63, 3.8) is 0 Å². The zero-order valence-corrected chi connectivity index (χ0v) is 17.8. The molecule has 1 fully saturated rings. The van der Waals surface area contributed by atoms with E-state index in [1.807, 2.05) is 0 Å². The van der Waals surface area contributed by atoms with Gasteiger partial charge in [-0.3, -0.25) is 9.52 Å². The summed E-state index contributed by atoms with van der Waals surface area (Å²) in [7, 11) is -3.65. The molecule has 0 spiro atoms. The zero-order valence-electron chi connectivity index (χ0n) is 17.0. The Hall–Kier alpha value is -2.34. The van der Waals surface area contributed by atoms with Crippen molar-refractivity contribution in [1.29, 1.82) is 0 Å². The molecule has 1 aliphatic rings. The molecule has 5 nitrogen and oxygen atoms in total. The van der Waals surface area contributed by atoms with Crippen LogP contribution >= 0.6 is 0 Å². The van der Waals surface area contributed by atoms with E-state index in [0.717, 1.165) is 6.42 Å². The lowest BCUT2D eigenvalue weighted by molar-refractivity contribution is 0.0951. The summed E-state index contributed by atoms with van der Waals surface area (Å²) in [5.41, 5.74) is 1.73. The van der Waals surface area contributed by atoms with Crippen LogP contribution in [0.15, 0.2) is 53.4 Å². The van der Waals surface area contributed by atoms with Gasteiger partial charge in [-0.1, -0.05) is 56.7 Å². The molecule has 2 N–H and O–H groups in total. The van der Waals surface area contributed by atoms with E-state index in [9.17, 15) is 13.2 Å². The number of carbonyl (C=O) groups is 1. The molecule has 1 aliphatic carbocycles. The van der Waals surface area contributed by atoms with Gasteiger partial charge in [0.05, 0.1) is 10.6 Å². The molecule has 2 aromatic carbocycles. The highest BCUT2D eigenvalue weighted by Crippen LogP contribution is 2.25. The van der Waals surface area contributed by atoms with E-state index < -0.39 is 10.0 Å². The van der Waals surface area contributed by atoms with Gasteiger partial charge in [-0.15, -0.1) is 0 Å². The number of hydrogen-bond donors (Lipinski definition) is 2. The molecule has 156 valence electrons. The van der Waals surface area contributed by atoms with Gasteiger partial charge in [0.2, 0.25) is 0 Å². The number of hydrogen-bond acceptors (Lipinski definition) is 3. The van der Waals surface area contributed by atoms with E-state index in [-0.39, 0.29) is 10.8 Å². The van der Waals surface area contributed by atoms with Crippen molar-refractivity contribution in [2.45, 2.75) is 56.8 Å². The van der Waals surface area contributed by atoms with Crippen LogP contribution in [-0.4, -0.2) is 20.9 Å². The highest BCUT2D eigenvalue weighted by molar-refractivity contribution is 7.92. The van der Waals surface area contributed by atoms with E-state index in [1.165, 1.54) is 38.5 Å². The summed E-state index contributed by atoms with van der Waals surface area (Å²) in [4.78, 5) is 12.7. The molecule has 0 aromatic heterocycles. The quantitative estimate of drug-likeness (QED) is 0.634. The van der Waals surface area contributed by atoms with Gasteiger partial charge in [0.25, 0.3) is 15.9 Å². The minimum absolute atomic E-state index is 0.112. The summed E-state index contributed by atoms with van der Waals surface area (Å²) in [6, 6.07) is 13.3. The van der Waals surface area contributed by atoms with Gasteiger partial charge in [-0.25, -0.2) is 8.42 Å². The van der Waals surface area contributed by atoms with Crippen LogP contribution in [0.2, 0.25) is 0 Å². The van der Waals surface area contributed by atoms with Crippen molar-refractivity contribution in [2.24, 2.45) is 5.92 Å². The Morgan fingerprint density at radius 1 is 1.00 bits per heavy atom. The fourth-order valence-corrected chi connectivity index (χ4v) is 5.02. The lowest BCUT2D eigenvalue weighted by Gasteiger charge is -2.15. The number of benzene rings is 2. The zero-order chi connectivity index (χ0) is 20.7. The number of carbonyl (C=O) groups excluding carboxylic acids is 1. The van der Waals surface area contributed by atoms with E-state index in [4.69, 9.17) is 0 Å². The summed E-state index contributed by atoms with van der Waals surface area (Å²) < 4.78 is 27.6. The normalized spacial score (nSPS) is 15.5. The van der Waals surface area contributed by atoms with Gasteiger partial charge in [0.1, 0.15) is 0 Å². The van der Waals surface area contributed by atoms with Gasteiger partial charge in [0, 0.05) is 12.1 Å². The van der Waals surface area contributed by atoms with Crippen LogP contribution in [0.5, 0.6) is 0 Å². The summed E-state index contributed by atoms with van der Waals surface area (Å²) in [5, 5.41) is 3.01. The fraction of sp³-hybridized carbons (Fsp3) is 0.435. The predicted molar refractivity (Wildman–Crippen MR) is 117 cm³/mol. The summed E-state index contributed by atoms with van der Waals surface area (Å²) in [5.74, 6) is 0.605. The smallest absolute Gasteiger partial charge is 0.261 e. The fourth-order valence-electron chi connectivity index (χ4n) is 3.87. The van der Waals surface area contributed by atoms with Crippen molar-refractivity contribution in [1.82, 2.24) is 5.32 Å². The van der Waals surface area contributed by atoms with Crippen molar-refractivity contribution in [3.8, 4) is 0 Å². The third-order valence-corrected chi connectivity index (χ3v) is 6.98. The van der Waals surface area contributed by atoms with Gasteiger partial charge in [0.15, 0.2) is 0 Å². The molecule has 1 amide bonds. The lowest BCUT2D eigenvalue weighted by atomic mass is 9.97. The summed E-state index contributed by atoms with van der Waals surface area (Å²) in [6.45, 7) is 2.48. The van der Waals surface area contributed by atoms with E-state index >= 15 is 0 Å². The first-order valence-electron chi connectivity index (χ1n) is 10.4. The number of nitrogens with one attached hydrogen (secondary N) is 2. The highest BCUT2D eigenvalue weighted by Gasteiger charge is 2.16. The van der Waals surface area contributed by atoms with Crippen LogP contribution in [-0.2, 0) is 10.0 Å². The molecule has 0 atom stereocenters. The Labute approximate surface area is 174 Å². The van der Waals surface area contributed by atoms with Crippen LogP contribution in [0.4, 0.5) is 5.69 Å². The summed E-state index contributed by atoms with van der Waals surface area (Å²) in [6.07, 6.45) is 8.84. The van der Waals surface area contributed by atoms with Gasteiger partial charge < -0.3 is 5.32 Å². The lowest BCUT2D eigenvalue weighted by Crippen LogP contribution is -2.26. The average molecular weight is 415 g/mol. The Kier molecular flexibility index (Phi) is 7.31. The minimum atomic E-state index is -3.65. The van der Waals surface area contributed by atoms with E-state index in [0.29, 0.717) is 29.3 Å². The number of aryl methyl sites for hydroxylation is 1. The topological polar surface area (TPSA) is 75.3 Å². The maximum absolute atomic E-state index is 12.5. The maximum atomic E-state index is 12.5. The maximum Gasteiger partial charge on any atom is 0.261 e. The highest BCUT2D eigenvalue weighted by atomic mass is 32.2. The molecule has 1 saturated carbocycles. The molecular formula is C23H30N2O3S. The SMILES string of the molecule is Cc1cc(C(=O)NCCC2CCCCCC2)ccc1NS(=O)(=O)c1ccccc1. The molecular weight excluding hydrogens is 384 g/mol. The average Bonchev–Trinajstić information content (AvgIpc) is 2.99. The molecule has 0 radical (unpaired) electrons. The van der Waals surface area contributed by atoms with Crippen LogP contribution in [0.25, 0.3) is 0 Å². The Balaban J connectivity index is 1.57. The second-order valence-electron chi connectivity index (χ2n) is 7.85. The van der Waals surface area contributed by atoms with Gasteiger partial charge >= 0.3 is 0 Å². The minimum Gasteiger partial charge on any atom is -0.352 e. The Morgan fingerprint density at radius 2 is 1.69 bits per heavy atom. The monoisotopic (exact) mass is 414 g/mol. The molecule has 3 rings (SSSR count). The molecule has 6 heteroatoms. The van der Waals surface area contributed by atoms with Crippen molar-refractivity contribution in [3.05, 3.63) is 59.7 Å². The van der Waals surface area contributed by atoms with E-state index in [2.05, 4.69) is 10.0 Å². The number of rotatable bonds is 7. The van der Waals surface area contributed by atoms with Crippen LogP contribution < -0.4 is 10.0 Å². The molecule has 0 aliphatic heterocycles. The largest absolute Gasteiger partial charge is 0.352 e. The first-order chi connectivity index (χ1) is 14.0. The van der Waals surface area contributed by atoms with Gasteiger partial charge in [-0.05, 0) is 55.2 Å². The third kappa shape index (κ3) is 6.07. The second-order valence-corrected chi connectivity index (χ2v) is 9.53. The van der Waals surface area contributed by atoms with Crippen LogP contribution in [0.3, 0.4) is 0 Å². The van der Waals surface area contributed by atoms with Crippen molar-refractivity contribution < 1.29 is 13.2 Å². The standard InChI is InChI=1S/C23H30N2O3S/c1-18-17-20(23(26)24-16-15-19-9-5-2-3-6-10-19)13-14-22(18)25-29(27,28)21-11-7-4-8-12-21/h4,7-8,11-14,17,19,25H,2-3,5-6,9-10,15-16H2,1H3,(H,24,26). The first-order valence-corrected chi connectivity index (χ1v) is 11.9. The molecule has 0 unspecified atom stereocenters. The Morgan fingerprint density at radius 3 is 2.34 bits per heavy atom. The molecule has 29 heavy (non-hydrogen) atoms. The predicted octanol–water partition coefficient (Wildman–Crippen LogP) is 4.89. The molecule has 0 saturated heterocycles. The number of amides is 1. The first kappa shape index (κ1) is 21.4. The van der Waals surface area contributed by atoms with Crippen LogP contribution in [0, 0.1) is 12.8 Å². The van der Waals surface area contributed by atoms with Gasteiger partial charge in [-0.2, -0.15) is 0 Å². The molecule has 2 aromatic rings. The Bertz CT molecular complexity index is 918. The van der Waals surface area contributed by atoms with Crippen molar-refractivity contribution in [2.75, 3.05) is 11.3 Å². The van der Waals surface area contributed by atoms with E-state index in [1.54, 1.807) is 55.5 Å². The number of sulfonamides is 1. The molecule has 0 heterocycles. The summed E-state index contributed by atoms with van der Waals surface area (Å²) >= 11 is 0.